The van der Waals surface area contributed by atoms with Gasteiger partial charge >= 0.3 is 0 Å². The molecule has 0 spiro atoms. The van der Waals surface area contributed by atoms with Gasteiger partial charge in [0.1, 0.15) is 0 Å². The van der Waals surface area contributed by atoms with Crippen LogP contribution in [0.3, 0.4) is 0 Å². The quantitative estimate of drug-likeness (QED) is 0.683. The number of benzene rings is 1. The molecule has 0 unspecified atom stereocenters. The Bertz CT molecular complexity index is 992. The van der Waals surface area contributed by atoms with Crippen molar-refractivity contribution in [2.75, 3.05) is 25.0 Å². The standard InChI is InChI=1S/C22H25N5O/c1-3-19-18(14-24-22(25-19)27-12-4-5-13-27)21(28)26(2)15-16-8-6-10-20-17(16)9-7-11-23-20/h6-11,14H,3-5,12-13,15H2,1-2H3. The van der Waals surface area contributed by atoms with E-state index in [0.29, 0.717) is 18.5 Å². The smallest absolute Gasteiger partial charge is 0.257 e. The van der Waals surface area contributed by atoms with Crippen molar-refractivity contribution < 1.29 is 4.79 Å². The molecule has 1 saturated heterocycles. The molecule has 1 aliphatic rings. The van der Waals surface area contributed by atoms with Crippen LogP contribution in [0, 0.1) is 0 Å². The summed E-state index contributed by atoms with van der Waals surface area (Å²) in [6.45, 7) is 4.53. The topological polar surface area (TPSA) is 62.2 Å². The van der Waals surface area contributed by atoms with Gasteiger partial charge in [0.15, 0.2) is 0 Å². The van der Waals surface area contributed by atoms with E-state index < -0.39 is 0 Å². The molecule has 1 aromatic carbocycles. The van der Waals surface area contributed by atoms with E-state index in [-0.39, 0.29) is 5.91 Å². The van der Waals surface area contributed by atoms with Crippen LogP contribution >= 0.6 is 0 Å². The highest BCUT2D eigenvalue weighted by molar-refractivity contribution is 5.95. The molecule has 1 fully saturated rings. The molecule has 6 heteroatoms. The second kappa shape index (κ2) is 7.92. The number of pyridine rings is 1. The molecule has 144 valence electrons. The Hall–Kier alpha value is -3.02. The maximum atomic E-state index is 13.1. The molecule has 0 N–H and O–H groups in total. The van der Waals surface area contributed by atoms with E-state index in [9.17, 15) is 4.79 Å². The van der Waals surface area contributed by atoms with Crippen LogP contribution < -0.4 is 4.90 Å². The van der Waals surface area contributed by atoms with Crippen LogP contribution in [0.1, 0.15) is 41.4 Å². The number of aryl methyl sites for hydroxylation is 1. The molecule has 3 aromatic rings. The van der Waals surface area contributed by atoms with Crippen molar-refractivity contribution in [3.05, 3.63) is 59.5 Å². The molecule has 4 rings (SSSR count). The third-order valence-corrected chi connectivity index (χ3v) is 5.30. The molecule has 0 aliphatic carbocycles. The highest BCUT2D eigenvalue weighted by atomic mass is 16.2. The van der Waals surface area contributed by atoms with Crippen molar-refractivity contribution >= 4 is 22.8 Å². The van der Waals surface area contributed by atoms with E-state index in [1.54, 1.807) is 17.3 Å². The lowest BCUT2D eigenvalue weighted by Gasteiger charge is -2.21. The summed E-state index contributed by atoms with van der Waals surface area (Å²) >= 11 is 0. The number of carbonyl (C=O) groups excluding carboxylic acids is 1. The predicted octanol–water partition coefficient (Wildman–Crippen LogP) is 3.46. The van der Waals surface area contributed by atoms with Gasteiger partial charge in [-0.3, -0.25) is 9.78 Å². The Morgan fingerprint density at radius 2 is 1.96 bits per heavy atom. The maximum absolute atomic E-state index is 13.1. The fraction of sp³-hybridized carbons (Fsp3) is 0.364. The summed E-state index contributed by atoms with van der Waals surface area (Å²) in [5, 5.41) is 1.07. The predicted molar refractivity (Wildman–Crippen MR) is 110 cm³/mol. The minimum absolute atomic E-state index is 0.0503. The lowest BCUT2D eigenvalue weighted by atomic mass is 10.1. The fourth-order valence-corrected chi connectivity index (χ4v) is 3.76. The molecule has 0 bridgehead atoms. The SMILES string of the molecule is CCc1nc(N2CCCC2)ncc1C(=O)N(C)Cc1cccc2ncccc12. The summed E-state index contributed by atoms with van der Waals surface area (Å²) in [7, 11) is 1.82. The summed E-state index contributed by atoms with van der Waals surface area (Å²) in [5.74, 6) is 0.694. The van der Waals surface area contributed by atoms with Gasteiger partial charge < -0.3 is 9.80 Å². The Morgan fingerprint density at radius 3 is 2.75 bits per heavy atom. The lowest BCUT2D eigenvalue weighted by molar-refractivity contribution is 0.0783. The van der Waals surface area contributed by atoms with Crippen LogP contribution in [0.15, 0.2) is 42.7 Å². The largest absolute Gasteiger partial charge is 0.341 e. The van der Waals surface area contributed by atoms with Crippen LogP contribution in [-0.2, 0) is 13.0 Å². The second-order valence-electron chi connectivity index (χ2n) is 7.23. The molecule has 2 aromatic heterocycles. The van der Waals surface area contributed by atoms with E-state index in [2.05, 4.69) is 14.9 Å². The first-order chi connectivity index (χ1) is 13.7. The van der Waals surface area contributed by atoms with Gasteiger partial charge in [-0.05, 0) is 37.0 Å². The van der Waals surface area contributed by atoms with Gasteiger partial charge in [-0.2, -0.15) is 0 Å². The Morgan fingerprint density at radius 1 is 1.14 bits per heavy atom. The Kier molecular flexibility index (Phi) is 5.19. The number of carbonyl (C=O) groups is 1. The van der Waals surface area contributed by atoms with Crippen molar-refractivity contribution in [3.63, 3.8) is 0 Å². The molecule has 3 heterocycles. The number of hydrogen-bond donors (Lipinski definition) is 0. The van der Waals surface area contributed by atoms with Crippen molar-refractivity contribution in [3.8, 4) is 0 Å². The summed E-state index contributed by atoms with van der Waals surface area (Å²) in [4.78, 5) is 30.6. The number of amides is 1. The fourth-order valence-electron chi connectivity index (χ4n) is 3.76. The Labute approximate surface area is 165 Å². The van der Waals surface area contributed by atoms with Crippen molar-refractivity contribution in [1.82, 2.24) is 19.9 Å². The molecule has 0 atom stereocenters. The molecular weight excluding hydrogens is 350 g/mol. The zero-order valence-electron chi connectivity index (χ0n) is 16.4. The van der Waals surface area contributed by atoms with Gasteiger partial charge in [-0.1, -0.05) is 25.1 Å². The van der Waals surface area contributed by atoms with E-state index in [1.165, 1.54) is 12.8 Å². The van der Waals surface area contributed by atoms with Crippen LogP contribution in [0.2, 0.25) is 0 Å². The summed E-state index contributed by atoms with van der Waals surface area (Å²) < 4.78 is 0. The van der Waals surface area contributed by atoms with E-state index in [1.807, 2.05) is 44.3 Å². The van der Waals surface area contributed by atoms with Gasteiger partial charge in [-0.25, -0.2) is 9.97 Å². The van der Waals surface area contributed by atoms with Crippen molar-refractivity contribution in [2.24, 2.45) is 0 Å². The van der Waals surface area contributed by atoms with E-state index >= 15 is 0 Å². The van der Waals surface area contributed by atoms with Crippen molar-refractivity contribution in [2.45, 2.75) is 32.7 Å². The molecular formula is C22H25N5O. The number of fused-ring (bicyclic) bond motifs is 1. The first kappa shape index (κ1) is 18.3. The second-order valence-corrected chi connectivity index (χ2v) is 7.23. The van der Waals surface area contributed by atoms with Crippen LogP contribution in [0.25, 0.3) is 10.9 Å². The molecule has 6 nitrogen and oxygen atoms in total. The molecule has 0 saturated carbocycles. The van der Waals surface area contributed by atoms with Crippen LogP contribution in [-0.4, -0.2) is 45.9 Å². The third kappa shape index (κ3) is 3.54. The van der Waals surface area contributed by atoms with E-state index in [4.69, 9.17) is 4.98 Å². The average molecular weight is 375 g/mol. The first-order valence-corrected chi connectivity index (χ1v) is 9.86. The lowest BCUT2D eigenvalue weighted by Crippen LogP contribution is -2.28. The van der Waals surface area contributed by atoms with Gasteiger partial charge in [-0.15, -0.1) is 0 Å². The molecule has 0 radical (unpaired) electrons. The number of nitrogens with zero attached hydrogens (tertiary/aromatic N) is 5. The number of aromatic nitrogens is 3. The van der Waals surface area contributed by atoms with Gasteiger partial charge in [0.25, 0.3) is 5.91 Å². The minimum Gasteiger partial charge on any atom is -0.341 e. The first-order valence-electron chi connectivity index (χ1n) is 9.86. The zero-order valence-corrected chi connectivity index (χ0v) is 16.4. The summed E-state index contributed by atoms with van der Waals surface area (Å²) in [6.07, 6.45) is 6.54. The van der Waals surface area contributed by atoms with Gasteiger partial charge in [0.05, 0.1) is 16.8 Å². The zero-order chi connectivity index (χ0) is 19.5. The number of hydrogen-bond acceptors (Lipinski definition) is 5. The maximum Gasteiger partial charge on any atom is 0.257 e. The van der Waals surface area contributed by atoms with Crippen LogP contribution in [0.5, 0.6) is 0 Å². The third-order valence-electron chi connectivity index (χ3n) is 5.30. The molecule has 1 aliphatic heterocycles. The van der Waals surface area contributed by atoms with Crippen LogP contribution in [0.4, 0.5) is 5.95 Å². The van der Waals surface area contributed by atoms with Gasteiger partial charge in [0.2, 0.25) is 5.95 Å². The number of anilines is 1. The highest BCUT2D eigenvalue weighted by Crippen LogP contribution is 2.21. The van der Waals surface area contributed by atoms with Gasteiger partial charge in [0, 0.05) is 44.5 Å². The normalized spacial score (nSPS) is 13.9. The highest BCUT2D eigenvalue weighted by Gasteiger charge is 2.21. The Balaban J connectivity index is 1.58. The number of rotatable bonds is 5. The summed E-state index contributed by atoms with van der Waals surface area (Å²) in [6, 6.07) is 9.98. The monoisotopic (exact) mass is 375 g/mol. The minimum atomic E-state index is -0.0503. The molecule has 28 heavy (non-hydrogen) atoms. The molecule has 1 amide bonds. The van der Waals surface area contributed by atoms with E-state index in [0.717, 1.165) is 41.2 Å². The summed E-state index contributed by atoms with van der Waals surface area (Å²) in [5.41, 5.74) is 3.42. The van der Waals surface area contributed by atoms with Crippen molar-refractivity contribution in [1.29, 1.82) is 0 Å². The average Bonchev–Trinajstić information content (AvgIpc) is 3.28.